The second-order valence-electron chi connectivity index (χ2n) is 4.37. The zero-order chi connectivity index (χ0) is 15.2. The van der Waals surface area contributed by atoms with Gasteiger partial charge in [0.25, 0.3) is 0 Å². The van der Waals surface area contributed by atoms with E-state index < -0.39 is 11.9 Å². The SMILES string of the molecule is COc1ccc(C(CN)Oc2ccc(C#N)c(F)c2)cc1. The first-order valence-electron chi connectivity index (χ1n) is 6.38. The fraction of sp³-hybridized carbons (Fsp3) is 0.188. The van der Waals surface area contributed by atoms with Crippen molar-refractivity contribution in [2.45, 2.75) is 6.10 Å². The summed E-state index contributed by atoms with van der Waals surface area (Å²) in [7, 11) is 1.59. The highest BCUT2D eigenvalue weighted by molar-refractivity contribution is 5.37. The molecule has 0 bridgehead atoms. The largest absolute Gasteiger partial charge is 0.497 e. The van der Waals surface area contributed by atoms with Gasteiger partial charge in [0.05, 0.1) is 12.7 Å². The molecule has 0 aliphatic heterocycles. The molecular weight excluding hydrogens is 271 g/mol. The van der Waals surface area contributed by atoms with Crippen molar-refractivity contribution in [1.29, 1.82) is 5.26 Å². The van der Waals surface area contributed by atoms with E-state index in [1.165, 1.54) is 12.1 Å². The zero-order valence-electron chi connectivity index (χ0n) is 11.5. The topological polar surface area (TPSA) is 68.3 Å². The van der Waals surface area contributed by atoms with E-state index in [2.05, 4.69) is 0 Å². The first kappa shape index (κ1) is 14.8. The lowest BCUT2D eigenvalue weighted by atomic mass is 10.1. The first-order chi connectivity index (χ1) is 10.2. The van der Waals surface area contributed by atoms with Crippen molar-refractivity contribution in [1.82, 2.24) is 0 Å². The first-order valence-corrected chi connectivity index (χ1v) is 6.38. The van der Waals surface area contributed by atoms with Gasteiger partial charge in [0, 0.05) is 12.6 Å². The molecule has 1 atom stereocenters. The Morgan fingerprint density at radius 3 is 2.38 bits per heavy atom. The maximum Gasteiger partial charge on any atom is 0.144 e. The lowest BCUT2D eigenvalue weighted by Gasteiger charge is -2.18. The minimum absolute atomic E-state index is 0.0175. The van der Waals surface area contributed by atoms with Crippen LogP contribution in [0.3, 0.4) is 0 Å². The minimum atomic E-state index is -0.611. The third-order valence-electron chi connectivity index (χ3n) is 3.04. The van der Waals surface area contributed by atoms with E-state index in [1.807, 2.05) is 12.1 Å². The Bertz CT molecular complexity index is 650. The second kappa shape index (κ2) is 6.73. The van der Waals surface area contributed by atoms with E-state index in [0.717, 1.165) is 11.3 Å². The number of nitrogens with zero attached hydrogens (tertiary/aromatic N) is 1. The Kier molecular flexibility index (Phi) is 4.75. The molecule has 0 heterocycles. The summed E-state index contributed by atoms with van der Waals surface area (Å²) in [4.78, 5) is 0. The third kappa shape index (κ3) is 3.50. The van der Waals surface area contributed by atoms with Gasteiger partial charge in [-0.1, -0.05) is 12.1 Å². The highest BCUT2D eigenvalue weighted by atomic mass is 19.1. The lowest BCUT2D eigenvalue weighted by molar-refractivity contribution is 0.213. The van der Waals surface area contributed by atoms with Crippen LogP contribution in [-0.4, -0.2) is 13.7 Å². The minimum Gasteiger partial charge on any atom is -0.497 e. The van der Waals surface area contributed by atoms with Gasteiger partial charge in [-0.05, 0) is 29.8 Å². The summed E-state index contributed by atoms with van der Waals surface area (Å²) >= 11 is 0. The highest BCUT2D eigenvalue weighted by Gasteiger charge is 2.13. The van der Waals surface area contributed by atoms with Crippen molar-refractivity contribution in [3.63, 3.8) is 0 Å². The molecule has 5 heteroatoms. The summed E-state index contributed by atoms with van der Waals surface area (Å²) in [6, 6.07) is 13.2. The predicted octanol–water partition coefficient (Wildman–Crippen LogP) is 2.78. The fourth-order valence-electron chi connectivity index (χ4n) is 1.89. The van der Waals surface area contributed by atoms with Crippen LogP contribution in [0.2, 0.25) is 0 Å². The van der Waals surface area contributed by atoms with Gasteiger partial charge in [-0.2, -0.15) is 5.26 Å². The molecule has 0 fully saturated rings. The Morgan fingerprint density at radius 1 is 1.19 bits per heavy atom. The van der Waals surface area contributed by atoms with Gasteiger partial charge in [0.1, 0.15) is 29.5 Å². The molecule has 4 nitrogen and oxygen atoms in total. The number of hydrogen-bond acceptors (Lipinski definition) is 4. The molecule has 1 unspecified atom stereocenters. The molecule has 0 amide bonds. The van der Waals surface area contributed by atoms with Crippen molar-refractivity contribution in [3.8, 4) is 17.6 Å². The molecule has 2 aromatic rings. The fourth-order valence-corrected chi connectivity index (χ4v) is 1.89. The van der Waals surface area contributed by atoms with Crippen LogP contribution in [0.4, 0.5) is 4.39 Å². The molecule has 2 aromatic carbocycles. The van der Waals surface area contributed by atoms with Crippen LogP contribution in [0.25, 0.3) is 0 Å². The van der Waals surface area contributed by atoms with Gasteiger partial charge in [0.2, 0.25) is 0 Å². The molecule has 0 saturated heterocycles. The molecule has 2 rings (SSSR count). The summed E-state index contributed by atoms with van der Waals surface area (Å²) < 4.78 is 24.3. The second-order valence-corrected chi connectivity index (χ2v) is 4.37. The van der Waals surface area contributed by atoms with Crippen molar-refractivity contribution in [2.75, 3.05) is 13.7 Å². The van der Waals surface area contributed by atoms with Crippen LogP contribution in [0, 0.1) is 17.1 Å². The van der Waals surface area contributed by atoms with E-state index in [1.54, 1.807) is 31.4 Å². The maximum absolute atomic E-state index is 13.6. The highest BCUT2D eigenvalue weighted by Crippen LogP contribution is 2.24. The standard InChI is InChI=1S/C16H15FN2O2/c1-20-13-5-2-11(3-6-13)16(10-19)21-14-7-4-12(9-18)15(17)8-14/h2-8,16H,10,19H2,1H3. The Balaban J connectivity index is 2.18. The lowest BCUT2D eigenvalue weighted by Crippen LogP contribution is -2.18. The maximum atomic E-state index is 13.6. The molecule has 108 valence electrons. The molecule has 0 radical (unpaired) electrons. The third-order valence-corrected chi connectivity index (χ3v) is 3.04. The number of halogens is 1. The normalized spacial score (nSPS) is 11.5. The van der Waals surface area contributed by atoms with Gasteiger partial charge in [0.15, 0.2) is 0 Å². The number of methoxy groups -OCH3 is 1. The van der Waals surface area contributed by atoms with Crippen LogP contribution in [0.1, 0.15) is 17.2 Å². The van der Waals surface area contributed by atoms with Gasteiger partial charge < -0.3 is 15.2 Å². The van der Waals surface area contributed by atoms with E-state index in [9.17, 15) is 4.39 Å². The van der Waals surface area contributed by atoms with Crippen LogP contribution >= 0.6 is 0 Å². The molecule has 0 saturated carbocycles. The van der Waals surface area contributed by atoms with Crippen LogP contribution in [0.5, 0.6) is 11.5 Å². The summed E-state index contributed by atoms with van der Waals surface area (Å²) in [6.45, 7) is 0.244. The number of rotatable bonds is 5. The molecule has 2 N–H and O–H groups in total. The van der Waals surface area contributed by atoms with E-state index in [0.29, 0.717) is 5.75 Å². The Labute approximate surface area is 122 Å². The Hall–Kier alpha value is -2.58. The molecule has 0 aromatic heterocycles. The quantitative estimate of drug-likeness (QED) is 0.917. The van der Waals surface area contributed by atoms with Gasteiger partial charge in [-0.25, -0.2) is 4.39 Å². The van der Waals surface area contributed by atoms with Crippen LogP contribution in [-0.2, 0) is 0 Å². The van der Waals surface area contributed by atoms with Gasteiger partial charge in [-0.3, -0.25) is 0 Å². The Morgan fingerprint density at radius 2 is 1.86 bits per heavy atom. The van der Waals surface area contributed by atoms with Gasteiger partial charge in [-0.15, -0.1) is 0 Å². The average molecular weight is 286 g/mol. The molecule has 21 heavy (non-hydrogen) atoms. The van der Waals surface area contributed by atoms with Crippen LogP contribution in [0.15, 0.2) is 42.5 Å². The summed E-state index contributed by atoms with van der Waals surface area (Å²) in [5.41, 5.74) is 6.56. The zero-order valence-corrected chi connectivity index (χ0v) is 11.5. The molecule has 0 aliphatic rings. The molecule has 0 spiro atoms. The summed E-state index contributed by atoms with van der Waals surface area (Å²) in [6.07, 6.45) is -0.400. The average Bonchev–Trinajstić information content (AvgIpc) is 2.53. The molecular formula is C16H15FN2O2. The van der Waals surface area contributed by atoms with Gasteiger partial charge >= 0.3 is 0 Å². The summed E-state index contributed by atoms with van der Waals surface area (Å²) in [5.74, 6) is 0.456. The van der Waals surface area contributed by atoms with E-state index in [4.69, 9.17) is 20.5 Å². The monoisotopic (exact) mass is 286 g/mol. The number of nitriles is 1. The van der Waals surface area contributed by atoms with Crippen molar-refractivity contribution in [3.05, 3.63) is 59.4 Å². The van der Waals surface area contributed by atoms with Crippen molar-refractivity contribution >= 4 is 0 Å². The number of ether oxygens (including phenoxy) is 2. The van der Waals surface area contributed by atoms with Crippen LogP contribution < -0.4 is 15.2 Å². The predicted molar refractivity (Wildman–Crippen MR) is 76.5 cm³/mol. The number of nitrogens with two attached hydrogens (primary N) is 1. The number of hydrogen-bond donors (Lipinski definition) is 1. The van der Waals surface area contributed by atoms with Crippen molar-refractivity contribution < 1.29 is 13.9 Å². The smallest absolute Gasteiger partial charge is 0.144 e. The van der Waals surface area contributed by atoms with Crippen molar-refractivity contribution in [2.24, 2.45) is 5.73 Å². The number of benzene rings is 2. The summed E-state index contributed by atoms with van der Waals surface area (Å²) in [5, 5.41) is 8.70. The molecule has 0 aliphatic carbocycles. The van der Waals surface area contributed by atoms with E-state index in [-0.39, 0.29) is 12.1 Å². The van der Waals surface area contributed by atoms with E-state index >= 15 is 0 Å².